The second kappa shape index (κ2) is 5.71. The maximum absolute atomic E-state index is 7.45. The van der Waals surface area contributed by atoms with Gasteiger partial charge in [0.1, 0.15) is 5.84 Å². The summed E-state index contributed by atoms with van der Waals surface area (Å²) in [6.07, 6.45) is 1.18. The van der Waals surface area contributed by atoms with E-state index in [1.165, 1.54) is 12.1 Å². The number of hydrogen-bond donors (Lipinski definition) is 2. The van der Waals surface area contributed by atoms with Gasteiger partial charge in [-0.1, -0.05) is 0 Å². The second-order valence-corrected chi connectivity index (χ2v) is 5.58. The minimum Gasteiger partial charge on any atom is -0.384 e. The summed E-state index contributed by atoms with van der Waals surface area (Å²) in [7, 11) is 2.16. The highest BCUT2D eigenvalue weighted by Gasteiger charge is 2.15. The summed E-state index contributed by atoms with van der Waals surface area (Å²) in [5, 5.41) is 7.45. The average Bonchev–Trinajstić information content (AvgIpc) is 2.54. The van der Waals surface area contributed by atoms with E-state index in [4.69, 9.17) is 11.1 Å². The molecule has 1 heterocycles. The van der Waals surface area contributed by atoms with Crippen molar-refractivity contribution in [3.05, 3.63) is 28.2 Å². The Balaban J connectivity index is 2.20. The molecule has 5 heteroatoms. The predicted molar refractivity (Wildman–Crippen MR) is 79.5 cm³/mol. The Kier molecular flexibility index (Phi) is 4.24. The molecule has 0 aliphatic carbocycles. The van der Waals surface area contributed by atoms with Crippen molar-refractivity contribution in [2.24, 2.45) is 5.73 Å². The lowest BCUT2D eigenvalue weighted by molar-refractivity contribution is 0.360. The monoisotopic (exact) mass is 310 g/mol. The van der Waals surface area contributed by atoms with Crippen molar-refractivity contribution >= 4 is 27.5 Å². The number of amidine groups is 1. The fourth-order valence-electron chi connectivity index (χ4n) is 2.22. The smallest absolute Gasteiger partial charge is 0.122 e. The van der Waals surface area contributed by atoms with Crippen LogP contribution in [0.3, 0.4) is 0 Å². The summed E-state index contributed by atoms with van der Waals surface area (Å²) in [6, 6.07) is 5.88. The molecule has 0 bridgehead atoms. The normalized spacial score (nSPS) is 17.6. The molecule has 0 atom stereocenters. The van der Waals surface area contributed by atoms with E-state index in [1.54, 1.807) is 0 Å². The van der Waals surface area contributed by atoms with Gasteiger partial charge in [-0.25, -0.2) is 0 Å². The Morgan fingerprint density at radius 3 is 2.72 bits per heavy atom. The lowest BCUT2D eigenvalue weighted by Gasteiger charge is -2.24. The molecule has 4 nitrogen and oxygen atoms in total. The third kappa shape index (κ3) is 3.03. The molecule has 1 aromatic carbocycles. The highest BCUT2D eigenvalue weighted by Crippen LogP contribution is 2.28. The number of hydrogen-bond acceptors (Lipinski definition) is 3. The first-order valence-corrected chi connectivity index (χ1v) is 6.94. The molecule has 0 unspecified atom stereocenters. The Bertz CT molecular complexity index is 447. The quantitative estimate of drug-likeness (QED) is 0.648. The first-order chi connectivity index (χ1) is 8.58. The molecule has 0 aromatic heterocycles. The Labute approximate surface area is 116 Å². The molecule has 0 amide bonds. The molecular weight excluding hydrogens is 292 g/mol. The third-order valence-corrected chi connectivity index (χ3v) is 3.95. The SMILES string of the molecule is CN1CCCN(c2ccc(C(=N)N)cc2Br)CC1. The van der Waals surface area contributed by atoms with Gasteiger partial charge in [-0.15, -0.1) is 0 Å². The molecule has 3 N–H and O–H groups in total. The summed E-state index contributed by atoms with van der Waals surface area (Å²) in [6.45, 7) is 4.34. The van der Waals surface area contributed by atoms with Crippen LogP contribution in [0.4, 0.5) is 5.69 Å². The minimum absolute atomic E-state index is 0.109. The lowest BCUT2D eigenvalue weighted by Crippen LogP contribution is -2.29. The van der Waals surface area contributed by atoms with Crippen molar-refractivity contribution in [2.45, 2.75) is 6.42 Å². The van der Waals surface area contributed by atoms with Gasteiger partial charge in [0.15, 0.2) is 0 Å². The number of nitrogens with two attached hydrogens (primary N) is 1. The minimum atomic E-state index is 0.109. The van der Waals surface area contributed by atoms with Gasteiger partial charge in [-0.05, 0) is 54.1 Å². The third-order valence-electron chi connectivity index (χ3n) is 3.32. The molecule has 1 aliphatic heterocycles. The van der Waals surface area contributed by atoms with Crippen LogP contribution in [0.25, 0.3) is 0 Å². The Hall–Kier alpha value is -1.07. The van der Waals surface area contributed by atoms with E-state index >= 15 is 0 Å². The highest BCUT2D eigenvalue weighted by atomic mass is 79.9. The van der Waals surface area contributed by atoms with E-state index in [-0.39, 0.29) is 5.84 Å². The molecule has 1 aliphatic rings. The summed E-state index contributed by atoms with van der Waals surface area (Å²) in [5.74, 6) is 0.109. The van der Waals surface area contributed by atoms with Gasteiger partial charge in [-0.3, -0.25) is 5.41 Å². The molecule has 98 valence electrons. The maximum atomic E-state index is 7.45. The van der Waals surface area contributed by atoms with Crippen LogP contribution >= 0.6 is 15.9 Å². The van der Waals surface area contributed by atoms with Crippen molar-refractivity contribution in [3.63, 3.8) is 0 Å². The van der Waals surface area contributed by atoms with Crippen LogP contribution in [-0.4, -0.2) is 44.0 Å². The maximum Gasteiger partial charge on any atom is 0.122 e. The van der Waals surface area contributed by atoms with Gasteiger partial charge in [0, 0.05) is 29.7 Å². The number of likely N-dealkylation sites (N-methyl/N-ethyl adjacent to an activating group) is 1. The van der Waals surface area contributed by atoms with E-state index in [9.17, 15) is 0 Å². The first kappa shape index (κ1) is 13.4. The van der Waals surface area contributed by atoms with Gasteiger partial charge in [0.05, 0.1) is 5.69 Å². The van der Waals surface area contributed by atoms with Crippen LogP contribution in [0.2, 0.25) is 0 Å². The molecule has 1 saturated heterocycles. The van der Waals surface area contributed by atoms with E-state index in [2.05, 4.69) is 32.8 Å². The summed E-state index contributed by atoms with van der Waals surface area (Å²) < 4.78 is 1.01. The molecule has 18 heavy (non-hydrogen) atoms. The van der Waals surface area contributed by atoms with Gasteiger partial charge in [-0.2, -0.15) is 0 Å². The topological polar surface area (TPSA) is 56.4 Å². The molecule has 0 spiro atoms. The molecule has 1 fully saturated rings. The van der Waals surface area contributed by atoms with E-state index in [1.807, 2.05) is 18.2 Å². The van der Waals surface area contributed by atoms with Crippen LogP contribution in [0.5, 0.6) is 0 Å². The van der Waals surface area contributed by atoms with Crippen LogP contribution in [0.15, 0.2) is 22.7 Å². The standard InChI is InChI=1S/C13H19BrN4/c1-17-5-2-6-18(8-7-17)12-4-3-10(13(15)16)9-11(12)14/h3-4,9H,2,5-8H2,1H3,(H3,15,16). The molecule has 1 aromatic rings. The van der Waals surface area contributed by atoms with Crippen LogP contribution in [0.1, 0.15) is 12.0 Å². The number of nitrogens with zero attached hydrogens (tertiary/aromatic N) is 2. The van der Waals surface area contributed by atoms with Crippen LogP contribution in [0, 0.1) is 5.41 Å². The molecule has 0 saturated carbocycles. The number of rotatable bonds is 2. The number of anilines is 1. The summed E-state index contributed by atoms with van der Waals surface area (Å²) in [4.78, 5) is 4.75. The Morgan fingerprint density at radius 1 is 1.28 bits per heavy atom. The number of benzene rings is 1. The van der Waals surface area contributed by atoms with Gasteiger partial charge in [0.25, 0.3) is 0 Å². The van der Waals surface area contributed by atoms with Crippen molar-refractivity contribution in [1.82, 2.24) is 4.90 Å². The van der Waals surface area contributed by atoms with Crippen molar-refractivity contribution in [2.75, 3.05) is 38.1 Å². The average molecular weight is 311 g/mol. The predicted octanol–water partition coefficient (Wildman–Crippen LogP) is 1.88. The molecular formula is C13H19BrN4. The number of halogens is 1. The molecule has 0 radical (unpaired) electrons. The fraction of sp³-hybridized carbons (Fsp3) is 0.462. The zero-order chi connectivity index (χ0) is 13.1. The summed E-state index contributed by atoms with van der Waals surface area (Å²) in [5.41, 5.74) is 7.45. The fourth-order valence-corrected chi connectivity index (χ4v) is 2.85. The zero-order valence-corrected chi connectivity index (χ0v) is 12.2. The molecule has 2 rings (SSSR count). The van der Waals surface area contributed by atoms with Gasteiger partial charge < -0.3 is 15.5 Å². The lowest BCUT2D eigenvalue weighted by atomic mass is 10.2. The summed E-state index contributed by atoms with van der Waals surface area (Å²) >= 11 is 3.58. The highest BCUT2D eigenvalue weighted by molar-refractivity contribution is 9.10. The van der Waals surface area contributed by atoms with Crippen molar-refractivity contribution < 1.29 is 0 Å². The van der Waals surface area contributed by atoms with Gasteiger partial charge in [0.2, 0.25) is 0 Å². The van der Waals surface area contributed by atoms with E-state index in [0.29, 0.717) is 0 Å². The van der Waals surface area contributed by atoms with Crippen LogP contribution in [-0.2, 0) is 0 Å². The second-order valence-electron chi connectivity index (χ2n) is 4.72. The van der Waals surface area contributed by atoms with Crippen LogP contribution < -0.4 is 10.6 Å². The van der Waals surface area contributed by atoms with E-state index in [0.717, 1.165) is 36.2 Å². The van der Waals surface area contributed by atoms with Crippen molar-refractivity contribution in [3.8, 4) is 0 Å². The largest absolute Gasteiger partial charge is 0.384 e. The van der Waals surface area contributed by atoms with Gasteiger partial charge >= 0.3 is 0 Å². The number of nitrogens with one attached hydrogen (secondary N) is 1. The van der Waals surface area contributed by atoms with E-state index < -0.39 is 0 Å². The zero-order valence-electron chi connectivity index (χ0n) is 10.6. The number of nitrogen functional groups attached to an aromatic ring is 1. The first-order valence-electron chi connectivity index (χ1n) is 6.15. The Morgan fingerprint density at radius 2 is 2.06 bits per heavy atom. The van der Waals surface area contributed by atoms with Crippen molar-refractivity contribution in [1.29, 1.82) is 5.41 Å².